The summed E-state index contributed by atoms with van der Waals surface area (Å²) in [5.74, 6) is -0.262. The zero-order chi connectivity index (χ0) is 14.7. The lowest BCUT2D eigenvalue weighted by Gasteiger charge is -2.20. The molecular formula is C15H13BrCl2FN. The molecule has 0 aliphatic heterocycles. The van der Waals surface area contributed by atoms with Gasteiger partial charge in [0.1, 0.15) is 5.82 Å². The van der Waals surface area contributed by atoms with Crippen LogP contribution < -0.4 is 5.32 Å². The number of hydrogen-bond donors (Lipinski definition) is 1. The maximum absolute atomic E-state index is 14.1. The molecule has 5 heteroatoms. The lowest BCUT2D eigenvalue weighted by Crippen LogP contribution is -2.21. The lowest BCUT2D eigenvalue weighted by molar-refractivity contribution is 0.531. The molecule has 0 fully saturated rings. The molecule has 2 rings (SSSR count). The first-order chi connectivity index (χ1) is 9.54. The molecule has 0 aliphatic rings. The first-order valence-electron chi connectivity index (χ1n) is 6.08. The van der Waals surface area contributed by atoms with Crippen LogP contribution in [0.25, 0.3) is 0 Å². The van der Waals surface area contributed by atoms with E-state index >= 15 is 0 Å². The van der Waals surface area contributed by atoms with E-state index in [9.17, 15) is 4.39 Å². The summed E-state index contributed by atoms with van der Waals surface area (Å²) in [7, 11) is 1.79. The van der Waals surface area contributed by atoms with Gasteiger partial charge in [-0.25, -0.2) is 4.39 Å². The molecule has 0 radical (unpaired) electrons. The summed E-state index contributed by atoms with van der Waals surface area (Å²) in [6.07, 6.45) is 0.508. The molecule has 1 nitrogen and oxygen atoms in total. The van der Waals surface area contributed by atoms with E-state index in [1.807, 2.05) is 6.07 Å². The van der Waals surface area contributed by atoms with E-state index in [-0.39, 0.29) is 11.9 Å². The van der Waals surface area contributed by atoms with Gasteiger partial charge in [0.15, 0.2) is 0 Å². The third-order valence-corrected chi connectivity index (χ3v) is 4.57. The Labute approximate surface area is 136 Å². The predicted octanol–water partition coefficient (Wildman–Crippen LogP) is 5.40. The van der Waals surface area contributed by atoms with Crippen LogP contribution in [0.5, 0.6) is 0 Å². The van der Waals surface area contributed by atoms with Crippen LogP contribution in [0.4, 0.5) is 4.39 Å². The molecule has 0 aromatic heterocycles. The standard InChI is InChI=1S/C15H13BrCl2FN/c1-20-14(15-10(16)4-2-7-13(15)19)8-9-11(17)5-3-6-12(9)18/h2-7,14,20H,8H2,1H3. The van der Waals surface area contributed by atoms with E-state index in [1.54, 1.807) is 31.3 Å². The molecule has 1 atom stereocenters. The van der Waals surface area contributed by atoms with E-state index in [2.05, 4.69) is 21.2 Å². The van der Waals surface area contributed by atoms with Crippen molar-refractivity contribution in [2.45, 2.75) is 12.5 Å². The van der Waals surface area contributed by atoms with Crippen molar-refractivity contribution in [2.24, 2.45) is 0 Å². The van der Waals surface area contributed by atoms with Gasteiger partial charge in [-0.15, -0.1) is 0 Å². The molecule has 106 valence electrons. The second-order valence-corrected chi connectivity index (χ2v) is 6.05. The first-order valence-corrected chi connectivity index (χ1v) is 7.63. The molecule has 0 heterocycles. The van der Waals surface area contributed by atoms with Crippen molar-refractivity contribution in [2.75, 3.05) is 7.05 Å². The maximum atomic E-state index is 14.1. The Morgan fingerprint density at radius 3 is 2.30 bits per heavy atom. The van der Waals surface area contributed by atoms with Crippen molar-refractivity contribution in [3.05, 3.63) is 67.9 Å². The van der Waals surface area contributed by atoms with E-state index in [1.165, 1.54) is 6.07 Å². The molecule has 0 amide bonds. The molecule has 2 aromatic rings. The molecule has 1 unspecified atom stereocenters. The second-order valence-electron chi connectivity index (χ2n) is 4.38. The van der Waals surface area contributed by atoms with Crippen molar-refractivity contribution in [3.8, 4) is 0 Å². The predicted molar refractivity (Wildman–Crippen MR) is 86.1 cm³/mol. The van der Waals surface area contributed by atoms with Crippen LogP contribution in [0.15, 0.2) is 40.9 Å². The van der Waals surface area contributed by atoms with E-state index in [0.717, 1.165) is 10.0 Å². The Hall–Kier alpha value is -0.610. The van der Waals surface area contributed by atoms with Gasteiger partial charge in [-0.1, -0.05) is 51.3 Å². The zero-order valence-corrected chi connectivity index (χ0v) is 13.9. The smallest absolute Gasteiger partial charge is 0.129 e. The maximum Gasteiger partial charge on any atom is 0.129 e. The molecule has 20 heavy (non-hydrogen) atoms. The van der Waals surface area contributed by atoms with Crippen molar-refractivity contribution in [3.63, 3.8) is 0 Å². The second kappa shape index (κ2) is 6.90. The van der Waals surface area contributed by atoms with Gasteiger partial charge in [0.25, 0.3) is 0 Å². The fraction of sp³-hybridized carbons (Fsp3) is 0.200. The van der Waals surface area contributed by atoms with Crippen LogP contribution in [-0.4, -0.2) is 7.05 Å². The molecule has 2 aromatic carbocycles. The van der Waals surface area contributed by atoms with Crippen LogP contribution in [-0.2, 0) is 6.42 Å². The molecule has 0 bridgehead atoms. The van der Waals surface area contributed by atoms with Gasteiger partial charge in [-0.2, -0.15) is 0 Å². The summed E-state index contributed by atoms with van der Waals surface area (Å²) in [5.41, 5.74) is 1.39. The fourth-order valence-corrected chi connectivity index (χ4v) is 3.29. The largest absolute Gasteiger partial charge is 0.313 e. The van der Waals surface area contributed by atoms with Crippen molar-refractivity contribution >= 4 is 39.1 Å². The fourth-order valence-electron chi connectivity index (χ4n) is 2.12. The van der Waals surface area contributed by atoms with Crippen LogP contribution in [0, 0.1) is 5.82 Å². The van der Waals surface area contributed by atoms with Gasteiger partial charge < -0.3 is 5.32 Å². The Morgan fingerprint density at radius 1 is 1.15 bits per heavy atom. The third kappa shape index (κ3) is 3.34. The molecular weight excluding hydrogens is 364 g/mol. The van der Waals surface area contributed by atoms with Crippen LogP contribution in [0.2, 0.25) is 10.0 Å². The van der Waals surface area contributed by atoms with Gasteiger partial charge >= 0.3 is 0 Å². The molecule has 0 saturated carbocycles. The highest BCUT2D eigenvalue weighted by molar-refractivity contribution is 9.10. The summed E-state index contributed by atoms with van der Waals surface area (Å²) < 4.78 is 14.8. The Bertz CT molecular complexity index is 578. The molecule has 0 saturated heterocycles. The molecule has 0 spiro atoms. The van der Waals surface area contributed by atoms with Gasteiger partial charge in [-0.3, -0.25) is 0 Å². The van der Waals surface area contributed by atoms with E-state index in [0.29, 0.717) is 22.0 Å². The first kappa shape index (κ1) is 15.8. The van der Waals surface area contributed by atoms with Crippen LogP contribution in [0.3, 0.4) is 0 Å². The van der Waals surface area contributed by atoms with Crippen molar-refractivity contribution in [1.82, 2.24) is 5.32 Å². The molecule has 1 N–H and O–H groups in total. The topological polar surface area (TPSA) is 12.0 Å². The van der Waals surface area contributed by atoms with E-state index in [4.69, 9.17) is 23.2 Å². The number of halogens is 4. The number of rotatable bonds is 4. The van der Waals surface area contributed by atoms with E-state index < -0.39 is 0 Å². The zero-order valence-electron chi connectivity index (χ0n) is 10.8. The Morgan fingerprint density at radius 2 is 1.75 bits per heavy atom. The average Bonchev–Trinajstić information content (AvgIpc) is 2.40. The summed E-state index contributed by atoms with van der Waals surface area (Å²) in [4.78, 5) is 0. The highest BCUT2D eigenvalue weighted by Gasteiger charge is 2.20. The number of benzene rings is 2. The SMILES string of the molecule is CNC(Cc1c(Cl)cccc1Cl)c1c(F)cccc1Br. The number of hydrogen-bond acceptors (Lipinski definition) is 1. The van der Waals surface area contributed by atoms with Crippen molar-refractivity contribution < 1.29 is 4.39 Å². The van der Waals surface area contributed by atoms with Gasteiger partial charge in [-0.05, 0) is 43.3 Å². The van der Waals surface area contributed by atoms with Crippen LogP contribution in [0.1, 0.15) is 17.2 Å². The van der Waals surface area contributed by atoms with Crippen LogP contribution >= 0.6 is 39.1 Å². The minimum atomic E-state index is -0.262. The summed E-state index contributed by atoms with van der Waals surface area (Å²) in [5, 5.41) is 4.29. The number of nitrogens with one attached hydrogen (secondary N) is 1. The Balaban J connectivity index is 2.39. The Kier molecular flexibility index (Phi) is 5.44. The monoisotopic (exact) mass is 375 g/mol. The van der Waals surface area contributed by atoms with Gasteiger partial charge in [0.2, 0.25) is 0 Å². The highest BCUT2D eigenvalue weighted by atomic mass is 79.9. The minimum Gasteiger partial charge on any atom is -0.313 e. The van der Waals surface area contributed by atoms with Gasteiger partial charge in [0, 0.05) is 26.1 Å². The summed E-state index contributed by atoms with van der Waals surface area (Å²) in [6.45, 7) is 0. The summed E-state index contributed by atoms with van der Waals surface area (Å²) in [6, 6.07) is 10.1. The summed E-state index contributed by atoms with van der Waals surface area (Å²) >= 11 is 15.8. The highest BCUT2D eigenvalue weighted by Crippen LogP contribution is 2.33. The average molecular weight is 377 g/mol. The van der Waals surface area contributed by atoms with Gasteiger partial charge in [0.05, 0.1) is 0 Å². The minimum absolute atomic E-state index is 0.219. The third-order valence-electron chi connectivity index (χ3n) is 3.17. The lowest BCUT2D eigenvalue weighted by atomic mass is 9.98. The van der Waals surface area contributed by atoms with Crippen molar-refractivity contribution in [1.29, 1.82) is 0 Å². The number of likely N-dealkylation sites (N-methyl/N-ethyl adjacent to an activating group) is 1. The quantitative estimate of drug-likeness (QED) is 0.753. The molecule has 0 aliphatic carbocycles. The normalized spacial score (nSPS) is 12.4.